The Morgan fingerprint density at radius 3 is 2.49 bits per heavy atom. The zero-order chi connectivity index (χ0) is 25.9. The lowest BCUT2D eigenvalue weighted by molar-refractivity contribution is -0.132. The molecule has 8 heteroatoms. The molecule has 0 saturated carbocycles. The maximum Gasteiger partial charge on any atom is 0.223 e. The van der Waals surface area contributed by atoms with Gasteiger partial charge in [-0.25, -0.2) is 9.24 Å². The lowest BCUT2D eigenvalue weighted by atomic mass is 9.77. The van der Waals surface area contributed by atoms with Gasteiger partial charge >= 0.3 is 0 Å². The van der Waals surface area contributed by atoms with E-state index in [1.54, 1.807) is 24.3 Å². The van der Waals surface area contributed by atoms with E-state index in [9.17, 15) is 19.4 Å². The van der Waals surface area contributed by atoms with Crippen LogP contribution < -0.4 is 5.32 Å². The topological polar surface area (TPSA) is 88.1 Å². The highest BCUT2D eigenvalue weighted by atomic mass is 19.1. The molecule has 3 aromatic carbocycles. The van der Waals surface area contributed by atoms with E-state index in [0.29, 0.717) is 46.1 Å². The summed E-state index contributed by atoms with van der Waals surface area (Å²) in [4.78, 5) is 16.6. The minimum Gasteiger partial charge on any atom is -0.494 e. The van der Waals surface area contributed by atoms with Crippen LogP contribution in [0.15, 0.2) is 60.7 Å². The highest BCUT2D eigenvalue weighted by Gasteiger charge is 2.62. The molecule has 4 aromatic rings. The number of benzene rings is 3. The fraction of sp³-hybridized carbons (Fsp3) is 0.241. The van der Waals surface area contributed by atoms with E-state index in [2.05, 4.69) is 10.2 Å². The van der Waals surface area contributed by atoms with Crippen LogP contribution in [0.4, 0.5) is 10.1 Å². The second kappa shape index (κ2) is 8.08. The standard InChI is InChI=1S/C29H24FN3O4/c1-28-13-14-29(37-28,15-23(34)32-16-17-7-9-18(30)10-8-17)25-24(28)26(35)33(27(25)36)22-12-11-21(31-2)19-5-3-4-6-20(19)22/h3-12,35-36H,13-16H2,1H3,(H,32,34). The summed E-state index contributed by atoms with van der Waals surface area (Å²) in [5, 5.41) is 27.2. The monoisotopic (exact) mass is 497 g/mol. The third-order valence-corrected chi connectivity index (χ3v) is 7.62. The second-order valence-corrected chi connectivity index (χ2v) is 9.90. The minimum absolute atomic E-state index is 0.0365. The Kier molecular flexibility index (Phi) is 5.04. The fourth-order valence-electron chi connectivity index (χ4n) is 5.93. The summed E-state index contributed by atoms with van der Waals surface area (Å²) >= 11 is 0. The first-order chi connectivity index (χ1) is 17.8. The van der Waals surface area contributed by atoms with Crippen molar-refractivity contribution in [2.24, 2.45) is 0 Å². The number of hydrogen-bond acceptors (Lipinski definition) is 4. The molecule has 2 atom stereocenters. The average Bonchev–Trinajstić information content (AvgIpc) is 3.47. The van der Waals surface area contributed by atoms with Crippen molar-refractivity contribution in [1.29, 1.82) is 0 Å². The van der Waals surface area contributed by atoms with Crippen molar-refractivity contribution in [1.82, 2.24) is 9.88 Å². The zero-order valence-corrected chi connectivity index (χ0v) is 20.1. The smallest absolute Gasteiger partial charge is 0.223 e. The van der Waals surface area contributed by atoms with Crippen molar-refractivity contribution in [3.05, 3.63) is 94.6 Å². The average molecular weight is 498 g/mol. The Labute approximate surface area is 212 Å². The Balaban J connectivity index is 1.39. The summed E-state index contributed by atoms with van der Waals surface area (Å²) in [5.41, 5.74) is 0.739. The highest BCUT2D eigenvalue weighted by Crippen LogP contribution is 2.65. The summed E-state index contributed by atoms with van der Waals surface area (Å²) in [7, 11) is 0. The molecular formula is C29H24FN3O4. The van der Waals surface area contributed by atoms with Crippen LogP contribution >= 0.6 is 0 Å². The third-order valence-electron chi connectivity index (χ3n) is 7.62. The Hall–Kier alpha value is -4.35. The van der Waals surface area contributed by atoms with Gasteiger partial charge in [0.25, 0.3) is 0 Å². The van der Waals surface area contributed by atoms with Crippen molar-refractivity contribution in [2.75, 3.05) is 0 Å². The molecule has 7 nitrogen and oxygen atoms in total. The number of hydrogen-bond donors (Lipinski definition) is 3. The molecule has 0 radical (unpaired) electrons. The van der Waals surface area contributed by atoms with Crippen LogP contribution in [0.5, 0.6) is 11.8 Å². The predicted molar refractivity (Wildman–Crippen MR) is 135 cm³/mol. The van der Waals surface area contributed by atoms with Gasteiger partial charge in [-0.2, -0.15) is 0 Å². The van der Waals surface area contributed by atoms with Gasteiger partial charge in [0.2, 0.25) is 17.7 Å². The summed E-state index contributed by atoms with van der Waals surface area (Å²) in [5.74, 6) is -0.936. The molecule has 1 saturated heterocycles. The van der Waals surface area contributed by atoms with Crippen LogP contribution in [0.3, 0.4) is 0 Å². The lowest BCUT2D eigenvalue weighted by Gasteiger charge is -2.25. The third kappa shape index (κ3) is 3.39. The molecule has 2 bridgehead atoms. The molecule has 6 rings (SSSR count). The number of nitrogens with zero attached hydrogens (tertiary/aromatic N) is 2. The maximum atomic E-state index is 13.2. The molecule has 186 valence electrons. The van der Waals surface area contributed by atoms with E-state index in [1.165, 1.54) is 16.7 Å². The van der Waals surface area contributed by atoms with Gasteiger partial charge < -0.3 is 20.3 Å². The molecule has 1 amide bonds. The minimum atomic E-state index is -1.09. The van der Waals surface area contributed by atoms with Crippen LogP contribution in [0.25, 0.3) is 21.3 Å². The molecule has 0 spiro atoms. The normalized spacial score (nSPS) is 21.6. The van der Waals surface area contributed by atoms with Gasteiger partial charge in [0.15, 0.2) is 5.69 Å². The Bertz CT molecular complexity index is 1620. The summed E-state index contributed by atoms with van der Waals surface area (Å²) in [6.45, 7) is 9.58. The van der Waals surface area contributed by atoms with E-state index in [4.69, 9.17) is 11.3 Å². The zero-order valence-electron chi connectivity index (χ0n) is 20.1. The molecule has 2 unspecified atom stereocenters. The number of nitrogens with one attached hydrogen (secondary N) is 1. The first-order valence-corrected chi connectivity index (χ1v) is 12.0. The van der Waals surface area contributed by atoms with Crippen molar-refractivity contribution in [3.8, 4) is 17.4 Å². The van der Waals surface area contributed by atoms with Gasteiger partial charge in [-0.3, -0.25) is 9.36 Å². The van der Waals surface area contributed by atoms with Gasteiger partial charge in [0.05, 0.1) is 35.4 Å². The SMILES string of the molecule is [C-]#[N+]c1ccc(-n2c(O)c3c(c2O)C2(CC(=O)NCc4ccc(F)cc4)CCC3(C)O2)c2ccccc12. The maximum absolute atomic E-state index is 13.2. The van der Waals surface area contributed by atoms with Crippen LogP contribution in [0.2, 0.25) is 0 Å². The number of carbonyl (C=O) groups is 1. The summed E-state index contributed by atoms with van der Waals surface area (Å²) < 4.78 is 21.0. The van der Waals surface area contributed by atoms with Crippen LogP contribution in [-0.4, -0.2) is 20.7 Å². The molecule has 1 fully saturated rings. The Morgan fingerprint density at radius 1 is 1.05 bits per heavy atom. The number of aromatic nitrogens is 1. The van der Waals surface area contributed by atoms with Gasteiger partial charge in [0.1, 0.15) is 11.4 Å². The molecule has 3 heterocycles. The van der Waals surface area contributed by atoms with Crippen molar-refractivity contribution >= 4 is 22.4 Å². The summed E-state index contributed by atoms with van der Waals surface area (Å²) in [6, 6.07) is 16.6. The van der Waals surface area contributed by atoms with Crippen LogP contribution in [0, 0.1) is 12.4 Å². The molecule has 1 aromatic heterocycles. The molecule has 0 aliphatic carbocycles. The lowest BCUT2D eigenvalue weighted by Crippen LogP contribution is -2.33. The van der Waals surface area contributed by atoms with E-state index in [0.717, 1.165) is 5.56 Å². The first-order valence-electron chi connectivity index (χ1n) is 12.0. The molecule has 37 heavy (non-hydrogen) atoms. The van der Waals surface area contributed by atoms with E-state index < -0.39 is 11.2 Å². The molecular weight excluding hydrogens is 473 g/mol. The molecule has 2 aliphatic heterocycles. The van der Waals surface area contributed by atoms with Crippen LogP contribution in [-0.2, 0) is 27.3 Å². The van der Waals surface area contributed by atoms with Gasteiger partial charge in [-0.05, 0) is 54.3 Å². The molecule has 3 N–H and O–H groups in total. The quantitative estimate of drug-likeness (QED) is 0.310. The summed E-state index contributed by atoms with van der Waals surface area (Å²) in [6.07, 6.45) is 1.06. The van der Waals surface area contributed by atoms with E-state index in [-0.39, 0.29) is 36.4 Å². The van der Waals surface area contributed by atoms with Crippen molar-refractivity contribution < 1.29 is 24.1 Å². The highest BCUT2D eigenvalue weighted by molar-refractivity contribution is 6.00. The van der Waals surface area contributed by atoms with Crippen molar-refractivity contribution in [2.45, 2.75) is 43.9 Å². The van der Waals surface area contributed by atoms with Crippen LogP contribution in [0.1, 0.15) is 42.9 Å². The predicted octanol–water partition coefficient (Wildman–Crippen LogP) is 5.67. The number of carbonyl (C=O) groups excluding carboxylic acids is 1. The van der Waals surface area contributed by atoms with Crippen molar-refractivity contribution in [3.63, 3.8) is 0 Å². The van der Waals surface area contributed by atoms with Gasteiger partial charge in [-0.1, -0.05) is 42.5 Å². The number of halogens is 1. The van der Waals surface area contributed by atoms with Gasteiger partial charge in [0, 0.05) is 6.54 Å². The number of aromatic hydroxyl groups is 2. The molecule has 2 aliphatic rings. The van der Waals surface area contributed by atoms with E-state index >= 15 is 0 Å². The number of rotatable bonds is 5. The second-order valence-electron chi connectivity index (χ2n) is 9.90. The number of amides is 1. The largest absolute Gasteiger partial charge is 0.494 e. The van der Waals surface area contributed by atoms with Gasteiger partial charge in [-0.15, -0.1) is 0 Å². The number of ether oxygens (including phenoxy) is 1. The van der Waals surface area contributed by atoms with E-state index in [1.807, 2.05) is 31.2 Å². The fourth-order valence-corrected chi connectivity index (χ4v) is 5.93. The first kappa shape index (κ1) is 23.1. The Morgan fingerprint density at radius 2 is 1.76 bits per heavy atom. The number of fused-ring (bicyclic) bond motifs is 6.